The van der Waals surface area contributed by atoms with Crippen LogP contribution in [0.25, 0.3) is 10.1 Å². The number of hydrogen-bond acceptors (Lipinski definition) is 3. The smallest absolute Gasteiger partial charge is 0.258 e. The lowest BCUT2D eigenvalue weighted by atomic mass is 10.1. The molecule has 0 aliphatic carbocycles. The number of amides is 1. The molecule has 1 N–H and O–H groups in total. The third kappa shape index (κ3) is 2.67. The third-order valence-electron chi connectivity index (χ3n) is 3.11. The fraction of sp³-hybridized carbons (Fsp3) is 0. The molecule has 0 fully saturated rings. The molecule has 2 aromatic carbocycles. The van der Waals surface area contributed by atoms with E-state index in [1.165, 1.54) is 12.1 Å². The Balaban J connectivity index is 1.95. The Morgan fingerprint density at radius 2 is 1.95 bits per heavy atom. The maximum absolute atomic E-state index is 13.2. The highest BCUT2D eigenvalue weighted by atomic mass is 35.5. The van der Waals surface area contributed by atoms with E-state index in [9.17, 15) is 9.18 Å². The summed E-state index contributed by atoms with van der Waals surface area (Å²) in [4.78, 5) is 12.4. The van der Waals surface area contributed by atoms with Crippen LogP contribution >= 0.6 is 22.9 Å². The molecule has 1 amide bonds. The molecular formula is C16H8ClFN2OS. The zero-order valence-electron chi connectivity index (χ0n) is 11.1. The van der Waals surface area contributed by atoms with Gasteiger partial charge in [0, 0.05) is 15.8 Å². The van der Waals surface area contributed by atoms with Gasteiger partial charge in [-0.25, -0.2) is 4.39 Å². The zero-order valence-corrected chi connectivity index (χ0v) is 12.6. The van der Waals surface area contributed by atoms with Gasteiger partial charge in [0.25, 0.3) is 5.91 Å². The van der Waals surface area contributed by atoms with Crippen LogP contribution in [-0.2, 0) is 0 Å². The number of nitriles is 1. The lowest BCUT2D eigenvalue weighted by Gasteiger charge is -2.05. The van der Waals surface area contributed by atoms with Crippen LogP contribution in [-0.4, -0.2) is 5.91 Å². The van der Waals surface area contributed by atoms with Gasteiger partial charge in [0.1, 0.15) is 10.2 Å². The summed E-state index contributed by atoms with van der Waals surface area (Å²) in [7, 11) is 0. The maximum Gasteiger partial charge on any atom is 0.258 e. The summed E-state index contributed by atoms with van der Waals surface area (Å²) in [6, 6.07) is 12.7. The molecule has 0 unspecified atom stereocenters. The van der Waals surface area contributed by atoms with Crippen LogP contribution in [0.5, 0.6) is 0 Å². The number of hydrogen-bond donors (Lipinski definition) is 1. The summed E-state index contributed by atoms with van der Waals surface area (Å²) in [5, 5.41) is 12.1. The van der Waals surface area contributed by atoms with Gasteiger partial charge in [0.15, 0.2) is 0 Å². The van der Waals surface area contributed by atoms with Crippen molar-refractivity contribution < 1.29 is 9.18 Å². The average molecular weight is 331 g/mol. The van der Waals surface area contributed by atoms with Gasteiger partial charge in [-0.05, 0) is 42.5 Å². The monoisotopic (exact) mass is 330 g/mol. The molecule has 3 nitrogen and oxygen atoms in total. The van der Waals surface area contributed by atoms with Gasteiger partial charge in [0.2, 0.25) is 0 Å². The summed E-state index contributed by atoms with van der Waals surface area (Å²) in [6.45, 7) is 0. The molecule has 0 bridgehead atoms. The van der Waals surface area contributed by atoms with Gasteiger partial charge < -0.3 is 5.32 Å². The van der Waals surface area contributed by atoms with Crippen LogP contribution in [0.2, 0.25) is 4.34 Å². The van der Waals surface area contributed by atoms with E-state index in [2.05, 4.69) is 5.32 Å². The van der Waals surface area contributed by atoms with E-state index in [4.69, 9.17) is 16.9 Å². The summed E-state index contributed by atoms with van der Waals surface area (Å²) in [5.74, 6) is -0.739. The second-order valence-corrected chi connectivity index (χ2v) is 6.19. The molecule has 22 heavy (non-hydrogen) atoms. The van der Waals surface area contributed by atoms with Crippen molar-refractivity contribution in [3.05, 3.63) is 63.7 Å². The van der Waals surface area contributed by atoms with E-state index in [1.807, 2.05) is 6.07 Å². The second-order valence-electron chi connectivity index (χ2n) is 4.53. The summed E-state index contributed by atoms with van der Waals surface area (Å²) in [5.41, 5.74) is 1.39. The molecule has 0 spiro atoms. The largest absolute Gasteiger partial charge is 0.322 e. The minimum absolute atomic E-state index is 0.312. The number of carbonyl (C=O) groups is 1. The molecule has 3 aromatic rings. The van der Waals surface area contributed by atoms with Crippen molar-refractivity contribution >= 4 is 44.6 Å². The first-order valence-corrected chi connectivity index (χ1v) is 7.47. The molecule has 3 rings (SSSR count). The van der Waals surface area contributed by atoms with Crippen molar-refractivity contribution in [3.63, 3.8) is 0 Å². The Kier molecular flexibility index (Phi) is 3.80. The van der Waals surface area contributed by atoms with Gasteiger partial charge in [-0.1, -0.05) is 11.6 Å². The van der Waals surface area contributed by atoms with Crippen LogP contribution in [0.3, 0.4) is 0 Å². The van der Waals surface area contributed by atoms with E-state index in [0.717, 1.165) is 11.3 Å². The summed E-state index contributed by atoms with van der Waals surface area (Å²) in [6.07, 6.45) is 0. The molecule has 0 aliphatic heterocycles. The molecule has 0 radical (unpaired) electrons. The molecule has 108 valence electrons. The average Bonchev–Trinajstić information content (AvgIpc) is 2.83. The van der Waals surface area contributed by atoms with Gasteiger partial charge in [0.05, 0.1) is 17.2 Å². The SMILES string of the molecule is N#Cc1ccc(NC(=O)c2c(Cl)sc3cc(F)ccc23)cc1. The van der Waals surface area contributed by atoms with E-state index in [1.54, 1.807) is 30.3 Å². The normalized spacial score (nSPS) is 10.4. The second kappa shape index (κ2) is 5.76. The van der Waals surface area contributed by atoms with Crippen LogP contribution in [0, 0.1) is 17.1 Å². The molecule has 0 saturated heterocycles. The van der Waals surface area contributed by atoms with E-state index < -0.39 is 0 Å². The Bertz CT molecular complexity index is 912. The van der Waals surface area contributed by atoms with E-state index in [0.29, 0.717) is 31.2 Å². The lowest BCUT2D eigenvalue weighted by molar-refractivity contribution is 0.102. The first-order valence-electron chi connectivity index (χ1n) is 6.27. The Morgan fingerprint density at radius 1 is 1.23 bits per heavy atom. The first kappa shape index (κ1) is 14.5. The first-order chi connectivity index (χ1) is 10.6. The van der Waals surface area contributed by atoms with Crippen molar-refractivity contribution in [1.29, 1.82) is 5.26 Å². The number of halogens is 2. The Labute approximate surface area is 134 Å². The topological polar surface area (TPSA) is 52.9 Å². The van der Waals surface area contributed by atoms with Crippen LogP contribution in [0.4, 0.5) is 10.1 Å². The van der Waals surface area contributed by atoms with Crippen molar-refractivity contribution in [3.8, 4) is 6.07 Å². The standard InChI is InChI=1S/C16H8ClFN2OS/c17-15-14(12-6-3-10(18)7-13(12)22-15)16(21)20-11-4-1-9(8-19)2-5-11/h1-7H,(H,20,21). The highest BCUT2D eigenvalue weighted by Gasteiger charge is 2.18. The molecule has 0 saturated carbocycles. The Morgan fingerprint density at radius 3 is 2.64 bits per heavy atom. The molecule has 6 heteroatoms. The fourth-order valence-corrected chi connectivity index (χ4v) is 3.46. The van der Waals surface area contributed by atoms with Crippen LogP contribution < -0.4 is 5.32 Å². The maximum atomic E-state index is 13.2. The predicted octanol–water partition coefficient (Wildman–Crippen LogP) is 4.82. The van der Waals surface area contributed by atoms with Crippen molar-refractivity contribution in [2.45, 2.75) is 0 Å². The van der Waals surface area contributed by atoms with Gasteiger partial charge in [-0.3, -0.25) is 4.79 Å². The highest BCUT2D eigenvalue weighted by Crippen LogP contribution is 2.36. The number of rotatable bonds is 2. The highest BCUT2D eigenvalue weighted by molar-refractivity contribution is 7.23. The van der Waals surface area contributed by atoms with Crippen molar-refractivity contribution in [2.75, 3.05) is 5.32 Å². The van der Waals surface area contributed by atoms with E-state index >= 15 is 0 Å². The van der Waals surface area contributed by atoms with Crippen molar-refractivity contribution in [1.82, 2.24) is 0 Å². The minimum Gasteiger partial charge on any atom is -0.322 e. The number of carbonyl (C=O) groups excluding carboxylic acids is 1. The fourth-order valence-electron chi connectivity index (χ4n) is 2.07. The van der Waals surface area contributed by atoms with Gasteiger partial charge in [-0.15, -0.1) is 11.3 Å². The number of fused-ring (bicyclic) bond motifs is 1. The number of anilines is 1. The Hall–Kier alpha value is -2.42. The van der Waals surface area contributed by atoms with Crippen molar-refractivity contribution in [2.24, 2.45) is 0 Å². The summed E-state index contributed by atoms with van der Waals surface area (Å²) >= 11 is 7.28. The van der Waals surface area contributed by atoms with Gasteiger partial charge in [-0.2, -0.15) is 5.26 Å². The summed E-state index contributed by atoms with van der Waals surface area (Å²) < 4.78 is 14.2. The number of nitrogens with one attached hydrogen (secondary N) is 1. The number of thiophene rings is 1. The molecule has 0 atom stereocenters. The molecular weight excluding hydrogens is 323 g/mol. The van der Waals surface area contributed by atoms with Crippen LogP contribution in [0.15, 0.2) is 42.5 Å². The zero-order chi connectivity index (χ0) is 15.7. The molecule has 1 aromatic heterocycles. The van der Waals surface area contributed by atoms with Gasteiger partial charge >= 0.3 is 0 Å². The quantitative estimate of drug-likeness (QED) is 0.732. The number of nitrogens with zero attached hydrogens (tertiary/aromatic N) is 1. The molecule has 0 aliphatic rings. The lowest BCUT2D eigenvalue weighted by Crippen LogP contribution is -2.11. The predicted molar refractivity (Wildman–Crippen MR) is 85.9 cm³/mol. The van der Waals surface area contributed by atoms with E-state index in [-0.39, 0.29) is 11.7 Å². The third-order valence-corrected chi connectivity index (χ3v) is 4.47. The number of benzene rings is 2. The van der Waals surface area contributed by atoms with Crippen LogP contribution in [0.1, 0.15) is 15.9 Å². The molecule has 1 heterocycles. The minimum atomic E-state index is -0.371.